The Morgan fingerprint density at radius 2 is 1.68 bits per heavy atom. The Balaban J connectivity index is 1.33. The van der Waals surface area contributed by atoms with Gasteiger partial charge in [0.2, 0.25) is 0 Å². The van der Waals surface area contributed by atoms with Crippen LogP contribution in [0.25, 0.3) is 10.6 Å². The minimum atomic E-state index is -1.08. The molecule has 0 aliphatic carbocycles. The molecule has 1 aliphatic rings. The molecule has 0 unspecified atom stereocenters. The van der Waals surface area contributed by atoms with Gasteiger partial charge in [-0.1, -0.05) is 18.2 Å². The molecule has 38 heavy (non-hydrogen) atoms. The molecular formula is C28H26FN5O3S. The summed E-state index contributed by atoms with van der Waals surface area (Å²) in [5, 5.41) is 16.2. The van der Waals surface area contributed by atoms with Gasteiger partial charge in [-0.3, -0.25) is 4.79 Å². The quantitative estimate of drug-likeness (QED) is 0.294. The lowest BCUT2D eigenvalue weighted by Gasteiger charge is -2.34. The fraction of sp³-hybridized carbons (Fsp3) is 0.179. The molecule has 0 bridgehead atoms. The summed E-state index contributed by atoms with van der Waals surface area (Å²) in [7, 11) is 2.12. The minimum Gasteiger partial charge on any atom is -0.477 e. The maximum Gasteiger partial charge on any atom is 0.349 e. The Kier molecular flexibility index (Phi) is 7.34. The molecule has 0 atom stereocenters. The van der Waals surface area contributed by atoms with Gasteiger partial charge < -0.3 is 25.5 Å². The highest BCUT2D eigenvalue weighted by Gasteiger charge is 2.20. The van der Waals surface area contributed by atoms with Crippen molar-refractivity contribution < 1.29 is 19.1 Å². The van der Waals surface area contributed by atoms with Crippen LogP contribution in [-0.2, 0) is 0 Å². The van der Waals surface area contributed by atoms with Gasteiger partial charge in [-0.15, -0.1) is 11.3 Å². The van der Waals surface area contributed by atoms with Crippen molar-refractivity contribution in [1.82, 2.24) is 9.88 Å². The van der Waals surface area contributed by atoms with Gasteiger partial charge in [0.05, 0.1) is 0 Å². The Morgan fingerprint density at radius 3 is 2.39 bits per heavy atom. The molecule has 1 amide bonds. The van der Waals surface area contributed by atoms with Crippen LogP contribution < -0.4 is 15.5 Å². The number of aromatic carboxylic acids is 1. The van der Waals surface area contributed by atoms with E-state index in [2.05, 4.69) is 32.5 Å². The molecule has 0 spiro atoms. The molecule has 3 aromatic carbocycles. The number of carboxylic acid groups (broad SMARTS) is 1. The van der Waals surface area contributed by atoms with Crippen LogP contribution in [0.1, 0.15) is 20.0 Å². The van der Waals surface area contributed by atoms with Crippen LogP contribution in [0.5, 0.6) is 0 Å². The van der Waals surface area contributed by atoms with Crippen molar-refractivity contribution in [3.05, 3.63) is 89.1 Å². The van der Waals surface area contributed by atoms with E-state index in [1.165, 1.54) is 18.2 Å². The SMILES string of the molecule is CN1CCN(c2ccc(Nc3nc(-c4cccc(NC(=O)c5cccc(F)c5)c4)sc3C(=O)O)cc2)CC1. The molecule has 1 aliphatic heterocycles. The lowest BCUT2D eigenvalue weighted by Crippen LogP contribution is -2.44. The van der Waals surface area contributed by atoms with E-state index in [0.717, 1.165) is 55.0 Å². The number of amides is 1. The van der Waals surface area contributed by atoms with Crippen molar-refractivity contribution in [2.75, 3.05) is 48.8 Å². The first-order valence-electron chi connectivity index (χ1n) is 12.1. The number of aromatic nitrogens is 1. The molecule has 194 valence electrons. The third-order valence-electron chi connectivity index (χ3n) is 6.27. The largest absolute Gasteiger partial charge is 0.477 e. The number of nitrogens with one attached hydrogen (secondary N) is 2. The number of anilines is 4. The number of benzene rings is 3. The Bertz CT molecular complexity index is 1470. The molecule has 0 saturated carbocycles. The fourth-order valence-corrected chi connectivity index (χ4v) is 5.05. The Hall–Kier alpha value is -4.28. The number of halogens is 1. The van der Waals surface area contributed by atoms with E-state index < -0.39 is 17.7 Å². The molecule has 0 radical (unpaired) electrons. The van der Waals surface area contributed by atoms with E-state index in [1.54, 1.807) is 24.3 Å². The van der Waals surface area contributed by atoms with Crippen LogP contribution in [0.3, 0.4) is 0 Å². The molecule has 2 heterocycles. The van der Waals surface area contributed by atoms with Crippen LogP contribution in [0, 0.1) is 5.82 Å². The lowest BCUT2D eigenvalue weighted by atomic mass is 10.1. The Labute approximate surface area is 223 Å². The predicted molar refractivity (Wildman–Crippen MR) is 148 cm³/mol. The van der Waals surface area contributed by atoms with Crippen LogP contribution in [0.4, 0.5) is 27.3 Å². The second-order valence-corrected chi connectivity index (χ2v) is 10.0. The normalized spacial score (nSPS) is 13.8. The van der Waals surface area contributed by atoms with Crippen LogP contribution in [0.2, 0.25) is 0 Å². The van der Waals surface area contributed by atoms with E-state index in [4.69, 9.17) is 0 Å². The average molecular weight is 532 g/mol. The van der Waals surface area contributed by atoms with Gasteiger partial charge >= 0.3 is 5.97 Å². The van der Waals surface area contributed by atoms with Crippen molar-refractivity contribution in [3.63, 3.8) is 0 Å². The summed E-state index contributed by atoms with van der Waals surface area (Å²) in [6.07, 6.45) is 0. The number of rotatable bonds is 7. The van der Waals surface area contributed by atoms with Crippen LogP contribution >= 0.6 is 11.3 Å². The number of hydrogen-bond donors (Lipinski definition) is 3. The fourth-order valence-electron chi connectivity index (χ4n) is 4.19. The number of piperazine rings is 1. The predicted octanol–water partition coefficient (Wildman–Crippen LogP) is 5.40. The standard InChI is InChI=1S/C28H26FN5O3S/c1-33-12-14-34(15-13-33)23-10-8-21(9-11-23)30-25-24(28(36)37)38-27(32-25)19-5-3-7-22(17-19)31-26(35)18-4-2-6-20(29)16-18/h2-11,16-17,30H,12-15H2,1H3,(H,31,35)(H,36,37). The number of carbonyl (C=O) groups is 2. The second kappa shape index (κ2) is 11.0. The molecule has 10 heteroatoms. The monoisotopic (exact) mass is 531 g/mol. The zero-order valence-corrected chi connectivity index (χ0v) is 21.5. The third kappa shape index (κ3) is 5.82. The highest BCUT2D eigenvalue weighted by atomic mass is 32.1. The molecule has 1 saturated heterocycles. The molecule has 1 fully saturated rings. The van der Waals surface area contributed by atoms with Crippen LogP contribution in [-0.4, -0.2) is 60.1 Å². The number of carboxylic acids is 1. The third-order valence-corrected chi connectivity index (χ3v) is 7.37. The molecule has 3 N–H and O–H groups in total. The topological polar surface area (TPSA) is 97.8 Å². The summed E-state index contributed by atoms with van der Waals surface area (Å²) in [5.74, 6) is -1.78. The lowest BCUT2D eigenvalue weighted by molar-refractivity contribution is 0.0702. The van der Waals surface area contributed by atoms with Gasteiger partial charge in [-0.05, 0) is 61.6 Å². The number of hydrogen-bond acceptors (Lipinski definition) is 7. The molecule has 4 aromatic rings. The van der Waals surface area contributed by atoms with Crippen molar-refractivity contribution in [1.29, 1.82) is 0 Å². The van der Waals surface area contributed by atoms with Gasteiger partial charge in [-0.25, -0.2) is 14.2 Å². The first-order chi connectivity index (χ1) is 18.4. The van der Waals surface area contributed by atoms with Gasteiger partial charge in [-0.2, -0.15) is 0 Å². The molecular weight excluding hydrogens is 505 g/mol. The molecule has 5 rings (SSSR count). The smallest absolute Gasteiger partial charge is 0.349 e. The van der Waals surface area contributed by atoms with Gasteiger partial charge in [0.15, 0.2) is 10.7 Å². The van der Waals surface area contributed by atoms with Crippen molar-refractivity contribution in [2.24, 2.45) is 0 Å². The summed E-state index contributed by atoms with van der Waals surface area (Å²) in [5.41, 5.74) is 3.19. The highest BCUT2D eigenvalue weighted by Crippen LogP contribution is 2.34. The van der Waals surface area contributed by atoms with Crippen molar-refractivity contribution in [2.45, 2.75) is 0 Å². The summed E-state index contributed by atoms with van der Waals surface area (Å²) < 4.78 is 13.5. The van der Waals surface area contributed by atoms with Gasteiger partial charge in [0.25, 0.3) is 5.91 Å². The summed E-state index contributed by atoms with van der Waals surface area (Å²) >= 11 is 1.04. The molecule has 1 aromatic heterocycles. The zero-order valence-electron chi connectivity index (χ0n) is 20.6. The summed E-state index contributed by atoms with van der Waals surface area (Å²) in [4.78, 5) is 33.8. The number of carbonyl (C=O) groups excluding carboxylic acids is 1. The van der Waals surface area contributed by atoms with E-state index >= 15 is 0 Å². The highest BCUT2D eigenvalue weighted by molar-refractivity contribution is 7.17. The van der Waals surface area contributed by atoms with Gasteiger partial charge in [0, 0.05) is 54.4 Å². The number of likely N-dealkylation sites (N-methyl/N-ethyl adjacent to an activating group) is 1. The van der Waals surface area contributed by atoms with E-state index in [1.807, 2.05) is 24.3 Å². The number of nitrogens with zero attached hydrogens (tertiary/aromatic N) is 3. The minimum absolute atomic E-state index is 0.0809. The maximum absolute atomic E-state index is 13.5. The van der Waals surface area contributed by atoms with E-state index in [-0.39, 0.29) is 16.3 Å². The second-order valence-electron chi connectivity index (χ2n) is 9.01. The molecule has 8 nitrogen and oxygen atoms in total. The number of thiazole rings is 1. The maximum atomic E-state index is 13.5. The first kappa shape index (κ1) is 25.4. The zero-order chi connectivity index (χ0) is 26.6. The van der Waals surface area contributed by atoms with Gasteiger partial charge in [0.1, 0.15) is 10.8 Å². The summed E-state index contributed by atoms with van der Waals surface area (Å²) in [6, 6.07) is 20.2. The van der Waals surface area contributed by atoms with Crippen molar-refractivity contribution >= 4 is 46.1 Å². The first-order valence-corrected chi connectivity index (χ1v) is 12.9. The summed E-state index contributed by atoms with van der Waals surface area (Å²) in [6.45, 7) is 3.95. The van der Waals surface area contributed by atoms with E-state index in [0.29, 0.717) is 16.3 Å². The van der Waals surface area contributed by atoms with E-state index in [9.17, 15) is 19.1 Å². The van der Waals surface area contributed by atoms with Crippen molar-refractivity contribution in [3.8, 4) is 10.6 Å². The Morgan fingerprint density at radius 1 is 0.947 bits per heavy atom. The van der Waals surface area contributed by atoms with Crippen LogP contribution in [0.15, 0.2) is 72.8 Å². The average Bonchev–Trinajstić information content (AvgIpc) is 3.34.